The first-order chi connectivity index (χ1) is 9.90. The van der Waals surface area contributed by atoms with Crippen molar-refractivity contribution in [1.29, 1.82) is 0 Å². The van der Waals surface area contributed by atoms with Crippen LogP contribution >= 0.6 is 0 Å². The lowest BCUT2D eigenvalue weighted by molar-refractivity contribution is -0.140. The van der Waals surface area contributed by atoms with Crippen LogP contribution in [0.4, 0.5) is 0 Å². The number of amides is 1. The van der Waals surface area contributed by atoms with Crippen molar-refractivity contribution in [1.82, 2.24) is 5.32 Å². The zero-order valence-corrected chi connectivity index (χ0v) is 12.7. The minimum atomic E-state index is -1.06. The van der Waals surface area contributed by atoms with Gasteiger partial charge >= 0.3 is 5.97 Å². The molecule has 1 aromatic rings. The summed E-state index contributed by atoms with van der Waals surface area (Å²) in [5.74, 6) is -0.763. The van der Waals surface area contributed by atoms with E-state index >= 15 is 0 Å². The Hall–Kier alpha value is -2.24. The second kappa shape index (κ2) is 7.52. The van der Waals surface area contributed by atoms with E-state index in [1.807, 2.05) is 6.92 Å². The Morgan fingerprint density at radius 1 is 1.29 bits per heavy atom. The number of carboxylic acid groups (broad SMARTS) is 1. The molecule has 1 amide bonds. The molecular formula is C15H21NO5. The van der Waals surface area contributed by atoms with Gasteiger partial charge in [0.25, 0.3) is 5.91 Å². The molecule has 0 aromatic heterocycles. The average molecular weight is 295 g/mol. The number of rotatable bonds is 7. The van der Waals surface area contributed by atoms with Crippen molar-refractivity contribution >= 4 is 11.9 Å². The second-order valence-electron chi connectivity index (χ2n) is 4.83. The van der Waals surface area contributed by atoms with E-state index in [0.29, 0.717) is 23.7 Å². The number of carbonyl (C=O) groups is 2. The molecule has 6 nitrogen and oxygen atoms in total. The first-order valence-electron chi connectivity index (χ1n) is 6.75. The number of methoxy groups -OCH3 is 1. The van der Waals surface area contributed by atoms with Gasteiger partial charge in [-0.3, -0.25) is 4.79 Å². The van der Waals surface area contributed by atoms with E-state index in [1.54, 1.807) is 26.0 Å². The van der Waals surface area contributed by atoms with Gasteiger partial charge in [0, 0.05) is 5.56 Å². The van der Waals surface area contributed by atoms with Crippen molar-refractivity contribution in [3.8, 4) is 11.5 Å². The van der Waals surface area contributed by atoms with Crippen molar-refractivity contribution in [2.75, 3.05) is 13.7 Å². The fraction of sp³-hybridized carbons (Fsp3) is 0.467. The molecule has 0 aliphatic rings. The van der Waals surface area contributed by atoms with Gasteiger partial charge in [-0.05, 0) is 31.0 Å². The Bertz CT molecular complexity index is 513. The molecule has 0 saturated heterocycles. The number of hydrogen-bond acceptors (Lipinski definition) is 4. The fourth-order valence-corrected chi connectivity index (χ4v) is 1.82. The molecule has 116 valence electrons. The largest absolute Gasteiger partial charge is 0.493 e. The van der Waals surface area contributed by atoms with Gasteiger partial charge < -0.3 is 19.9 Å². The topological polar surface area (TPSA) is 84.9 Å². The quantitative estimate of drug-likeness (QED) is 0.803. The predicted octanol–water partition coefficient (Wildman–Crippen LogP) is 1.93. The van der Waals surface area contributed by atoms with E-state index in [9.17, 15) is 9.59 Å². The minimum Gasteiger partial charge on any atom is -0.493 e. The molecule has 2 N–H and O–H groups in total. The Morgan fingerprint density at radius 3 is 2.43 bits per heavy atom. The molecule has 21 heavy (non-hydrogen) atoms. The molecule has 6 heteroatoms. The van der Waals surface area contributed by atoms with Crippen molar-refractivity contribution in [2.45, 2.75) is 26.8 Å². The molecule has 1 rings (SSSR count). The summed E-state index contributed by atoms with van der Waals surface area (Å²) in [5.41, 5.74) is 0.321. The van der Waals surface area contributed by atoms with Gasteiger partial charge in [-0.1, -0.05) is 13.8 Å². The number of carbonyl (C=O) groups excluding carboxylic acids is 1. The van der Waals surface area contributed by atoms with E-state index < -0.39 is 17.9 Å². The van der Waals surface area contributed by atoms with Gasteiger partial charge in [0.05, 0.1) is 13.7 Å². The lowest BCUT2D eigenvalue weighted by Crippen LogP contribution is -2.44. The van der Waals surface area contributed by atoms with Crippen LogP contribution in [-0.4, -0.2) is 36.7 Å². The van der Waals surface area contributed by atoms with E-state index in [4.69, 9.17) is 14.6 Å². The summed E-state index contributed by atoms with van der Waals surface area (Å²) < 4.78 is 10.5. The first kappa shape index (κ1) is 16.8. The first-order valence-corrected chi connectivity index (χ1v) is 6.75. The molecule has 0 fully saturated rings. The van der Waals surface area contributed by atoms with Gasteiger partial charge in [0.1, 0.15) is 6.04 Å². The lowest BCUT2D eigenvalue weighted by Gasteiger charge is -2.18. The maximum Gasteiger partial charge on any atom is 0.326 e. The second-order valence-corrected chi connectivity index (χ2v) is 4.83. The van der Waals surface area contributed by atoms with Crippen LogP contribution in [0.15, 0.2) is 18.2 Å². The number of ether oxygens (including phenoxy) is 2. The number of carboxylic acids is 1. The third-order valence-corrected chi connectivity index (χ3v) is 2.94. The molecule has 1 unspecified atom stereocenters. The van der Waals surface area contributed by atoms with Crippen LogP contribution in [0.5, 0.6) is 11.5 Å². The minimum absolute atomic E-state index is 0.212. The van der Waals surface area contributed by atoms with Crippen LogP contribution in [0, 0.1) is 5.92 Å². The van der Waals surface area contributed by atoms with Crippen LogP contribution in [0.2, 0.25) is 0 Å². The molecule has 0 radical (unpaired) electrons. The summed E-state index contributed by atoms with van der Waals surface area (Å²) in [6.07, 6.45) is 0. The summed E-state index contributed by atoms with van der Waals surface area (Å²) in [7, 11) is 1.48. The molecule has 0 saturated carbocycles. The lowest BCUT2D eigenvalue weighted by atomic mass is 10.0. The number of benzene rings is 1. The van der Waals surface area contributed by atoms with E-state index in [1.165, 1.54) is 13.2 Å². The normalized spacial score (nSPS) is 11.9. The molecule has 0 spiro atoms. The molecule has 0 bridgehead atoms. The van der Waals surface area contributed by atoms with Crippen LogP contribution in [-0.2, 0) is 4.79 Å². The Balaban J connectivity index is 2.94. The van der Waals surface area contributed by atoms with Gasteiger partial charge in [-0.2, -0.15) is 0 Å². The number of hydrogen-bond donors (Lipinski definition) is 2. The summed E-state index contributed by atoms with van der Waals surface area (Å²) in [5, 5.41) is 11.6. The molecular weight excluding hydrogens is 274 g/mol. The summed E-state index contributed by atoms with van der Waals surface area (Å²) in [6, 6.07) is 3.79. The summed E-state index contributed by atoms with van der Waals surface area (Å²) in [6.45, 7) is 5.80. The van der Waals surface area contributed by atoms with Gasteiger partial charge in [0.15, 0.2) is 11.5 Å². The van der Waals surface area contributed by atoms with Gasteiger partial charge in [0.2, 0.25) is 0 Å². The van der Waals surface area contributed by atoms with Crippen molar-refractivity contribution in [3.63, 3.8) is 0 Å². The van der Waals surface area contributed by atoms with Crippen LogP contribution in [0.25, 0.3) is 0 Å². The highest BCUT2D eigenvalue weighted by Gasteiger charge is 2.24. The zero-order valence-electron chi connectivity index (χ0n) is 12.7. The zero-order chi connectivity index (χ0) is 16.0. The van der Waals surface area contributed by atoms with Crippen molar-refractivity contribution in [2.24, 2.45) is 5.92 Å². The number of aliphatic carboxylic acids is 1. The fourth-order valence-electron chi connectivity index (χ4n) is 1.82. The van der Waals surface area contributed by atoms with Crippen LogP contribution in [0.1, 0.15) is 31.1 Å². The highest BCUT2D eigenvalue weighted by molar-refractivity contribution is 5.97. The van der Waals surface area contributed by atoms with E-state index in [0.717, 1.165) is 0 Å². The molecule has 0 aliphatic carbocycles. The maximum absolute atomic E-state index is 12.1. The number of nitrogens with one attached hydrogen (secondary N) is 1. The molecule has 0 heterocycles. The average Bonchev–Trinajstić information content (AvgIpc) is 2.44. The Kier molecular flexibility index (Phi) is 6.02. The summed E-state index contributed by atoms with van der Waals surface area (Å²) in [4.78, 5) is 23.2. The van der Waals surface area contributed by atoms with Crippen molar-refractivity contribution < 1.29 is 24.2 Å². The Morgan fingerprint density at radius 2 is 1.95 bits per heavy atom. The standard InChI is InChI=1S/C15H21NO5/c1-5-21-11-7-6-10(8-12(11)20-4)14(17)16-13(9(2)3)15(18)19/h6-9,13H,5H2,1-4H3,(H,16,17)(H,18,19). The van der Waals surface area contributed by atoms with Gasteiger partial charge in [-0.25, -0.2) is 4.79 Å². The third-order valence-electron chi connectivity index (χ3n) is 2.94. The third kappa shape index (κ3) is 4.37. The smallest absolute Gasteiger partial charge is 0.326 e. The summed E-state index contributed by atoms with van der Waals surface area (Å²) >= 11 is 0. The van der Waals surface area contributed by atoms with Gasteiger partial charge in [-0.15, -0.1) is 0 Å². The monoisotopic (exact) mass is 295 g/mol. The van der Waals surface area contributed by atoms with Crippen molar-refractivity contribution in [3.05, 3.63) is 23.8 Å². The SMILES string of the molecule is CCOc1ccc(C(=O)NC(C(=O)O)C(C)C)cc1OC. The van der Waals surface area contributed by atoms with Crippen LogP contribution in [0.3, 0.4) is 0 Å². The van der Waals surface area contributed by atoms with Crippen LogP contribution < -0.4 is 14.8 Å². The molecule has 0 aliphatic heterocycles. The predicted molar refractivity (Wildman–Crippen MR) is 77.9 cm³/mol. The highest BCUT2D eigenvalue weighted by Crippen LogP contribution is 2.28. The van der Waals surface area contributed by atoms with E-state index in [2.05, 4.69) is 5.32 Å². The maximum atomic E-state index is 12.1. The Labute approximate surface area is 124 Å². The molecule has 1 aromatic carbocycles. The van der Waals surface area contributed by atoms with E-state index in [-0.39, 0.29) is 5.92 Å². The highest BCUT2D eigenvalue weighted by atomic mass is 16.5. The molecule has 1 atom stereocenters.